The monoisotopic (exact) mass is 591 g/mol. The van der Waals surface area contributed by atoms with Gasteiger partial charge in [0.05, 0.1) is 5.92 Å². The molecule has 1 fully saturated rings. The number of likely N-dealkylation sites (N-methyl/N-ethyl adjacent to an activating group) is 1. The van der Waals surface area contributed by atoms with Gasteiger partial charge in [-0.3, -0.25) is 14.4 Å². The Morgan fingerprint density at radius 2 is 1.73 bits per heavy atom. The van der Waals surface area contributed by atoms with Crippen molar-refractivity contribution < 1.29 is 14.4 Å². The molecule has 3 amide bonds. The number of piperazine rings is 1. The predicted molar refractivity (Wildman–Crippen MR) is 164 cm³/mol. The van der Waals surface area contributed by atoms with Crippen molar-refractivity contribution in [1.82, 2.24) is 20.4 Å². The van der Waals surface area contributed by atoms with Crippen LogP contribution in [0.15, 0.2) is 42.5 Å². The van der Waals surface area contributed by atoms with Crippen molar-refractivity contribution in [3.8, 4) is 0 Å². The Kier molecular flexibility index (Phi) is 13.9. The molecule has 0 saturated carbocycles. The van der Waals surface area contributed by atoms with Crippen molar-refractivity contribution in [3.05, 3.63) is 63.6 Å². The molecule has 0 bridgehead atoms. The summed E-state index contributed by atoms with van der Waals surface area (Å²) in [5, 5.41) is 10.6. The summed E-state index contributed by atoms with van der Waals surface area (Å²) in [6.07, 6.45) is 1.47. The highest BCUT2D eigenvalue weighted by Crippen LogP contribution is 2.36. The van der Waals surface area contributed by atoms with Crippen LogP contribution in [0.3, 0.4) is 0 Å². The van der Waals surface area contributed by atoms with Crippen molar-refractivity contribution in [2.24, 2.45) is 5.41 Å². The number of halogens is 2. The van der Waals surface area contributed by atoms with E-state index in [0.717, 1.165) is 42.9 Å². The molecule has 0 radical (unpaired) electrons. The van der Waals surface area contributed by atoms with Crippen molar-refractivity contribution in [3.63, 3.8) is 0 Å². The summed E-state index contributed by atoms with van der Waals surface area (Å²) >= 11 is 11.9. The molecule has 3 N–H and O–H groups in total. The number of nitrogens with zero attached hydrogens (tertiary/aromatic N) is 2. The first kappa shape index (κ1) is 33.6. The van der Waals surface area contributed by atoms with Crippen LogP contribution in [-0.4, -0.2) is 80.9 Å². The maximum absolute atomic E-state index is 12.0. The maximum atomic E-state index is 12.0. The van der Waals surface area contributed by atoms with Gasteiger partial charge in [0.25, 0.3) is 0 Å². The summed E-state index contributed by atoms with van der Waals surface area (Å²) in [5.41, 5.74) is 3.27. The Morgan fingerprint density at radius 3 is 2.30 bits per heavy atom. The van der Waals surface area contributed by atoms with E-state index < -0.39 is 0 Å². The third-order valence-electron chi connectivity index (χ3n) is 6.41. The van der Waals surface area contributed by atoms with E-state index in [2.05, 4.69) is 36.7 Å². The normalized spacial score (nSPS) is 16.2. The molecule has 2 aromatic carbocycles. The minimum Gasteiger partial charge on any atom is -0.342 e. The number of hydrogen-bond donors (Lipinski definition) is 3. The number of fused-ring (bicyclic) bond motifs is 1. The van der Waals surface area contributed by atoms with E-state index >= 15 is 0 Å². The van der Waals surface area contributed by atoms with Crippen molar-refractivity contribution in [2.75, 3.05) is 58.2 Å². The van der Waals surface area contributed by atoms with E-state index in [1.807, 2.05) is 43.4 Å². The lowest BCUT2D eigenvalue weighted by Gasteiger charge is -2.31. The van der Waals surface area contributed by atoms with Gasteiger partial charge in [-0.1, -0.05) is 62.2 Å². The average Bonchev–Trinajstić information content (AvgIpc) is 3.20. The molecule has 0 aromatic heterocycles. The number of nitrogens with one attached hydrogen (secondary N) is 3. The molecule has 1 saturated heterocycles. The molecule has 8 nitrogen and oxygen atoms in total. The number of hydrogen-bond acceptors (Lipinski definition) is 5. The highest BCUT2D eigenvalue weighted by atomic mass is 35.5. The fourth-order valence-corrected chi connectivity index (χ4v) is 4.61. The number of rotatable bonds is 7. The summed E-state index contributed by atoms with van der Waals surface area (Å²) in [7, 11) is 1.97. The van der Waals surface area contributed by atoms with Crippen LogP contribution in [0, 0.1) is 5.41 Å². The standard InChI is InChI=1S/C15H11Cl2NO.C8H20N2.C7H12N2O2/c16-10-3-1-2-9(6-10)7-13-12-5-4-11(17)8-14(12)18-15(13)19;1-8(2,3)7-10-6-5-9-4;1-7(11)9-4-2-8(6-10)3-5-9/h1-6,8,13H,7H2,(H,18,19);9-10H,5-7H2,1-4H3;6H,2-5H2,1H3. The van der Waals surface area contributed by atoms with Gasteiger partial charge < -0.3 is 25.8 Å². The lowest BCUT2D eigenvalue weighted by molar-refractivity contribution is -0.133. The molecule has 0 aliphatic carbocycles. The second-order valence-electron chi connectivity index (χ2n) is 11.1. The minimum atomic E-state index is -0.175. The number of carbonyl (C=O) groups excluding carboxylic acids is 3. The van der Waals surface area contributed by atoms with Gasteiger partial charge in [-0.2, -0.15) is 0 Å². The van der Waals surface area contributed by atoms with E-state index in [1.165, 1.54) is 0 Å². The fourth-order valence-electron chi connectivity index (χ4n) is 4.22. The molecule has 4 rings (SSSR count). The first-order valence-electron chi connectivity index (χ1n) is 13.6. The zero-order valence-electron chi connectivity index (χ0n) is 24.2. The molecule has 2 aromatic rings. The summed E-state index contributed by atoms with van der Waals surface area (Å²) in [6.45, 7) is 14.2. The summed E-state index contributed by atoms with van der Waals surface area (Å²) < 4.78 is 0. The van der Waals surface area contributed by atoms with Crippen LogP contribution in [0.2, 0.25) is 10.0 Å². The van der Waals surface area contributed by atoms with Gasteiger partial charge >= 0.3 is 0 Å². The Hall–Kier alpha value is -2.65. The van der Waals surface area contributed by atoms with Crippen molar-refractivity contribution >= 4 is 47.1 Å². The summed E-state index contributed by atoms with van der Waals surface area (Å²) in [4.78, 5) is 36.5. The SMILES string of the molecule is CC(=O)N1CCN(C=O)CC1.CNCCNCC(C)(C)C.O=C1Nc2cc(Cl)ccc2C1Cc1cccc(Cl)c1. The Morgan fingerprint density at radius 1 is 1.05 bits per heavy atom. The Balaban J connectivity index is 0.000000230. The van der Waals surface area contributed by atoms with Crippen LogP contribution in [0.1, 0.15) is 44.7 Å². The maximum Gasteiger partial charge on any atom is 0.232 e. The molecular formula is C30H43Cl2N5O3. The molecule has 220 valence electrons. The molecule has 2 aliphatic heterocycles. The van der Waals surface area contributed by atoms with Gasteiger partial charge in [-0.05, 0) is 54.3 Å². The largest absolute Gasteiger partial charge is 0.342 e. The van der Waals surface area contributed by atoms with Crippen LogP contribution in [-0.2, 0) is 20.8 Å². The van der Waals surface area contributed by atoms with Crippen LogP contribution in [0.4, 0.5) is 5.69 Å². The molecule has 1 unspecified atom stereocenters. The van der Waals surface area contributed by atoms with Crippen LogP contribution in [0.25, 0.3) is 0 Å². The van der Waals surface area contributed by atoms with Gasteiger partial charge in [0.15, 0.2) is 0 Å². The van der Waals surface area contributed by atoms with Gasteiger partial charge in [-0.15, -0.1) is 0 Å². The van der Waals surface area contributed by atoms with Crippen molar-refractivity contribution in [1.29, 1.82) is 0 Å². The van der Waals surface area contributed by atoms with Gasteiger partial charge in [0, 0.05) is 68.5 Å². The third kappa shape index (κ3) is 11.8. The molecule has 2 aliphatic rings. The lowest BCUT2D eigenvalue weighted by Crippen LogP contribution is -2.47. The quantitative estimate of drug-likeness (QED) is 0.327. The third-order valence-corrected chi connectivity index (χ3v) is 6.88. The van der Waals surface area contributed by atoms with E-state index in [4.69, 9.17) is 23.2 Å². The molecule has 10 heteroatoms. The van der Waals surface area contributed by atoms with E-state index in [9.17, 15) is 14.4 Å². The van der Waals surface area contributed by atoms with E-state index in [0.29, 0.717) is 48.1 Å². The van der Waals surface area contributed by atoms with Crippen molar-refractivity contribution in [2.45, 2.75) is 40.0 Å². The second-order valence-corrected chi connectivity index (χ2v) is 12.0. The minimum absolute atomic E-state index is 0.0113. The van der Waals surface area contributed by atoms with Crippen LogP contribution >= 0.6 is 23.2 Å². The molecule has 40 heavy (non-hydrogen) atoms. The average molecular weight is 593 g/mol. The fraction of sp³-hybridized carbons (Fsp3) is 0.500. The van der Waals surface area contributed by atoms with Gasteiger partial charge in [0.2, 0.25) is 18.2 Å². The zero-order chi connectivity index (χ0) is 29.7. The van der Waals surface area contributed by atoms with Gasteiger partial charge in [0.1, 0.15) is 0 Å². The smallest absolute Gasteiger partial charge is 0.232 e. The topological polar surface area (TPSA) is 93.8 Å². The molecule has 2 heterocycles. The summed E-state index contributed by atoms with van der Waals surface area (Å²) in [5.74, 6) is -0.0708. The first-order valence-corrected chi connectivity index (χ1v) is 14.3. The highest BCUT2D eigenvalue weighted by molar-refractivity contribution is 6.31. The molecule has 0 spiro atoms. The number of amides is 3. The lowest BCUT2D eigenvalue weighted by atomic mass is 9.93. The highest BCUT2D eigenvalue weighted by Gasteiger charge is 2.30. The van der Waals surface area contributed by atoms with Crippen LogP contribution < -0.4 is 16.0 Å². The van der Waals surface area contributed by atoms with Crippen LogP contribution in [0.5, 0.6) is 0 Å². The van der Waals surface area contributed by atoms with Gasteiger partial charge in [-0.25, -0.2) is 0 Å². The Bertz CT molecular complexity index is 1110. The van der Waals surface area contributed by atoms with E-state index in [1.54, 1.807) is 22.8 Å². The first-order chi connectivity index (χ1) is 18.9. The molecule has 1 atom stereocenters. The predicted octanol–water partition coefficient (Wildman–Crippen LogP) is 4.42. The number of carbonyl (C=O) groups is 3. The summed E-state index contributed by atoms with van der Waals surface area (Å²) in [6, 6.07) is 13.1. The Labute approximate surface area is 248 Å². The number of benzene rings is 2. The molecular weight excluding hydrogens is 549 g/mol. The second kappa shape index (κ2) is 16.6. The zero-order valence-corrected chi connectivity index (χ0v) is 25.7. The van der Waals surface area contributed by atoms with E-state index in [-0.39, 0.29) is 17.7 Å². The number of anilines is 1.